The van der Waals surface area contributed by atoms with Crippen molar-refractivity contribution in [1.29, 1.82) is 0 Å². The third-order valence-corrected chi connectivity index (χ3v) is 5.05. The zero-order valence-corrected chi connectivity index (χ0v) is 17.4. The summed E-state index contributed by atoms with van der Waals surface area (Å²) < 4.78 is 8.05. The Labute approximate surface area is 170 Å². The smallest absolute Gasteiger partial charge is 0.234 e. The summed E-state index contributed by atoms with van der Waals surface area (Å²) in [6.07, 6.45) is 1.75. The van der Waals surface area contributed by atoms with Gasteiger partial charge in [-0.05, 0) is 65.2 Å². The lowest BCUT2D eigenvalue weighted by atomic mass is 10.1. The van der Waals surface area contributed by atoms with E-state index in [0.717, 1.165) is 16.8 Å². The summed E-state index contributed by atoms with van der Waals surface area (Å²) in [7, 11) is 0. The van der Waals surface area contributed by atoms with Crippen LogP contribution < -0.4 is 5.32 Å². The molecular formula is C19H19BrN4O2S. The summed E-state index contributed by atoms with van der Waals surface area (Å²) in [6, 6.07) is 9.57. The molecular weight excluding hydrogens is 428 g/mol. The summed E-state index contributed by atoms with van der Waals surface area (Å²) in [4.78, 5) is 12.3. The molecule has 1 N–H and O–H groups in total. The van der Waals surface area contributed by atoms with Gasteiger partial charge in [-0.3, -0.25) is 9.36 Å². The van der Waals surface area contributed by atoms with E-state index in [-0.39, 0.29) is 11.7 Å². The van der Waals surface area contributed by atoms with Gasteiger partial charge in [0.1, 0.15) is 0 Å². The number of allylic oxidation sites excluding steroid dienone is 1. The number of nitrogens with one attached hydrogen (secondary N) is 1. The molecule has 2 heterocycles. The first-order valence-electron chi connectivity index (χ1n) is 8.27. The number of carbonyl (C=O) groups excluding carboxylic acids is 1. The molecule has 0 bridgehead atoms. The highest BCUT2D eigenvalue weighted by molar-refractivity contribution is 9.10. The molecule has 0 spiro atoms. The number of hydrogen-bond acceptors (Lipinski definition) is 5. The van der Waals surface area contributed by atoms with E-state index >= 15 is 0 Å². The number of nitrogens with zero attached hydrogens (tertiary/aromatic N) is 3. The topological polar surface area (TPSA) is 73.0 Å². The average Bonchev–Trinajstić information content (AvgIpc) is 3.18. The highest BCUT2D eigenvalue weighted by Crippen LogP contribution is 2.27. The van der Waals surface area contributed by atoms with Gasteiger partial charge < -0.3 is 9.73 Å². The number of hydrogen-bond donors (Lipinski definition) is 1. The Bertz CT molecular complexity index is 960. The molecule has 0 fully saturated rings. The second kappa shape index (κ2) is 8.58. The number of amides is 1. The van der Waals surface area contributed by atoms with E-state index in [2.05, 4.69) is 44.1 Å². The Kier molecular flexibility index (Phi) is 6.18. The normalized spacial score (nSPS) is 10.8. The molecule has 0 radical (unpaired) electrons. The van der Waals surface area contributed by atoms with Crippen molar-refractivity contribution in [2.45, 2.75) is 25.5 Å². The van der Waals surface area contributed by atoms with Crippen LogP contribution in [0.4, 0.5) is 5.69 Å². The van der Waals surface area contributed by atoms with E-state index in [4.69, 9.17) is 4.42 Å². The Hall–Kier alpha value is -2.32. The zero-order chi connectivity index (χ0) is 19.4. The summed E-state index contributed by atoms with van der Waals surface area (Å²) >= 11 is 4.61. The number of aryl methyl sites for hydroxylation is 2. The summed E-state index contributed by atoms with van der Waals surface area (Å²) in [6.45, 7) is 8.30. The minimum Gasteiger partial charge on any atom is -0.446 e. The van der Waals surface area contributed by atoms with Crippen molar-refractivity contribution in [3.05, 3.63) is 58.8 Å². The van der Waals surface area contributed by atoms with Crippen LogP contribution >= 0.6 is 27.7 Å². The van der Waals surface area contributed by atoms with Crippen LogP contribution in [0.5, 0.6) is 0 Å². The summed E-state index contributed by atoms with van der Waals surface area (Å²) in [5.41, 5.74) is 3.02. The molecule has 2 aromatic heterocycles. The van der Waals surface area contributed by atoms with Gasteiger partial charge in [0.05, 0.1) is 5.75 Å². The van der Waals surface area contributed by atoms with Crippen molar-refractivity contribution in [3.8, 4) is 11.6 Å². The van der Waals surface area contributed by atoms with Gasteiger partial charge in [-0.15, -0.1) is 16.8 Å². The van der Waals surface area contributed by atoms with E-state index in [1.807, 2.05) is 36.6 Å². The number of thioether (sulfide) groups is 1. The fraction of sp³-hybridized carbons (Fsp3) is 0.211. The van der Waals surface area contributed by atoms with Crippen molar-refractivity contribution in [3.63, 3.8) is 0 Å². The fourth-order valence-electron chi connectivity index (χ4n) is 2.68. The molecule has 0 aliphatic heterocycles. The quantitative estimate of drug-likeness (QED) is 0.415. The van der Waals surface area contributed by atoms with E-state index in [0.29, 0.717) is 28.0 Å². The van der Waals surface area contributed by atoms with Crippen LogP contribution in [-0.4, -0.2) is 26.4 Å². The second-order valence-corrected chi connectivity index (χ2v) is 7.75. The number of rotatable bonds is 7. The van der Waals surface area contributed by atoms with Crippen molar-refractivity contribution < 1.29 is 9.21 Å². The monoisotopic (exact) mass is 446 g/mol. The van der Waals surface area contributed by atoms with Gasteiger partial charge in [-0.2, -0.15) is 0 Å². The molecule has 0 saturated carbocycles. The Morgan fingerprint density at radius 1 is 1.30 bits per heavy atom. The first-order chi connectivity index (χ1) is 13.0. The van der Waals surface area contributed by atoms with E-state index < -0.39 is 0 Å². The maximum atomic E-state index is 12.3. The molecule has 0 aliphatic rings. The molecule has 0 unspecified atom stereocenters. The number of aromatic nitrogens is 3. The highest BCUT2D eigenvalue weighted by Gasteiger charge is 2.17. The second-order valence-electron chi connectivity index (χ2n) is 6.02. The van der Waals surface area contributed by atoms with Crippen molar-refractivity contribution >= 4 is 39.3 Å². The number of carbonyl (C=O) groups is 1. The van der Waals surface area contributed by atoms with Crippen LogP contribution in [0.2, 0.25) is 0 Å². The first kappa shape index (κ1) is 19.4. The van der Waals surface area contributed by atoms with Crippen LogP contribution in [0.3, 0.4) is 0 Å². The van der Waals surface area contributed by atoms with Crippen LogP contribution in [0.15, 0.2) is 57.2 Å². The number of anilines is 1. The molecule has 0 aliphatic carbocycles. The summed E-state index contributed by atoms with van der Waals surface area (Å²) in [5.74, 6) is 1.32. The van der Waals surface area contributed by atoms with E-state index in [1.165, 1.54) is 11.8 Å². The Morgan fingerprint density at radius 3 is 2.67 bits per heavy atom. The van der Waals surface area contributed by atoms with Crippen LogP contribution in [0.25, 0.3) is 11.6 Å². The first-order valence-corrected chi connectivity index (χ1v) is 10.0. The molecule has 6 nitrogen and oxygen atoms in total. The van der Waals surface area contributed by atoms with Gasteiger partial charge in [-0.25, -0.2) is 0 Å². The minimum atomic E-state index is -0.0968. The highest BCUT2D eigenvalue weighted by atomic mass is 79.9. The standard InChI is InChI=1S/C19H19BrN4O2S/c1-4-7-24-18(15-5-6-16(20)26-15)22-23-19(24)27-11-17(25)21-14-9-12(2)8-13(3)10-14/h4-6,8-10H,1,7,11H2,2-3H3,(H,21,25). The predicted molar refractivity (Wildman–Crippen MR) is 111 cm³/mol. The molecule has 0 atom stereocenters. The van der Waals surface area contributed by atoms with Gasteiger partial charge in [0.15, 0.2) is 15.6 Å². The summed E-state index contributed by atoms with van der Waals surface area (Å²) in [5, 5.41) is 12.0. The van der Waals surface area contributed by atoms with Crippen molar-refractivity contribution in [2.75, 3.05) is 11.1 Å². The molecule has 3 rings (SSSR count). The third kappa shape index (κ3) is 4.90. The zero-order valence-electron chi connectivity index (χ0n) is 15.0. The lowest BCUT2D eigenvalue weighted by Crippen LogP contribution is -2.15. The predicted octanol–water partition coefficient (Wildman–Crippen LogP) is 4.83. The average molecular weight is 447 g/mol. The van der Waals surface area contributed by atoms with Crippen LogP contribution in [0, 0.1) is 13.8 Å². The lowest BCUT2D eigenvalue weighted by molar-refractivity contribution is -0.113. The molecule has 0 saturated heterocycles. The van der Waals surface area contributed by atoms with Gasteiger partial charge in [0.2, 0.25) is 11.7 Å². The molecule has 140 valence electrons. The third-order valence-electron chi connectivity index (χ3n) is 3.66. The molecule has 8 heteroatoms. The molecule has 27 heavy (non-hydrogen) atoms. The number of halogens is 1. The maximum Gasteiger partial charge on any atom is 0.234 e. The van der Waals surface area contributed by atoms with Crippen molar-refractivity contribution in [1.82, 2.24) is 14.8 Å². The number of furan rings is 1. The van der Waals surface area contributed by atoms with Gasteiger partial charge in [-0.1, -0.05) is 23.9 Å². The van der Waals surface area contributed by atoms with Gasteiger partial charge in [0, 0.05) is 12.2 Å². The molecule has 1 aromatic carbocycles. The minimum absolute atomic E-state index is 0.0968. The van der Waals surface area contributed by atoms with Gasteiger partial charge in [0.25, 0.3) is 0 Å². The fourth-order valence-corrected chi connectivity index (χ4v) is 3.73. The Morgan fingerprint density at radius 2 is 2.04 bits per heavy atom. The van der Waals surface area contributed by atoms with Gasteiger partial charge >= 0.3 is 0 Å². The van der Waals surface area contributed by atoms with E-state index in [9.17, 15) is 4.79 Å². The largest absolute Gasteiger partial charge is 0.446 e. The Balaban J connectivity index is 1.71. The maximum absolute atomic E-state index is 12.3. The lowest BCUT2D eigenvalue weighted by Gasteiger charge is -2.08. The van der Waals surface area contributed by atoms with Crippen molar-refractivity contribution in [2.24, 2.45) is 0 Å². The number of benzene rings is 1. The van der Waals surface area contributed by atoms with Crippen LogP contribution in [-0.2, 0) is 11.3 Å². The molecule has 3 aromatic rings. The molecule has 1 amide bonds. The SMILES string of the molecule is C=CCn1c(SCC(=O)Nc2cc(C)cc(C)c2)nnc1-c1ccc(Br)o1. The van der Waals surface area contributed by atoms with E-state index in [1.54, 1.807) is 12.1 Å². The van der Waals surface area contributed by atoms with Crippen LogP contribution in [0.1, 0.15) is 11.1 Å².